The van der Waals surface area contributed by atoms with Crippen molar-refractivity contribution in [3.63, 3.8) is 0 Å². The van der Waals surface area contributed by atoms with Crippen LogP contribution in [0.25, 0.3) is 0 Å². The number of halogens is 1. The van der Waals surface area contributed by atoms with E-state index < -0.39 is 5.82 Å². The maximum absolute atomic E-state index is 13.2. The third-order valence-corrected chi connectivity index (χ3v) is 2.51. The predicted octanol–water partition coefficient (Wildman–Crippen LogP) is 1.04. The molecule has 0 heterocycles. The standard InChI is InChI=1S/C12H16FNO3/c1-9(7-15)14(2)12(16)8-17-11-6-4-3-5-10(11)13/h3-6,9,15H,7-8H2,1-2H3. The molecule has 94 valence electrons. The lowest BCUT2D eigenvalue weighted by Gasteiger charge is -2.23. The van der Waals surface area contributed by atoms with Crippen molar-refractivity contribution in [3.8, 4) is 5.75 Å². The van der Waals surface area contributed by atoms with Gasteiger partial charge in [0.15, 0.2) is 18.2 Å². The van der Waals surface area contributed by atoms with Crippen molar-refractivity contribution in [2.75, 3.05) is 20.3 Å². The summed E-state index contributed by atoms with van der Waals surface area (Å²) in [6.07, 6.45) is 0. The van der Waals surface area contributed by atoms with Gasteiger partial charge in [-0.3, -0.25) is 4.79 Å². The Balaban J connectivity index is 2.51. The Labute approximate surface area is 99.6 Å². The molecule has 0 radical (unpaired) electrons. The smallest absolute Gasteiger partial charge is 0.260 e. The average molecular weight is 241 g/mol. The van der Waals surface area contributed by atoms with Gasteiger partial charge in [0.1, 0.15) is 0 Å². The molecule has 0 saturated heterocycles. The van der Waals surface area contributed by atoms with Crippen molar-refractivity contribution in [3.05, 3.63) is 30.1 Å². The molecule has 1 N–H and O–H groups in total. The van der Waals surface area contributed by atoms with E-state index in [-0.39, 0.29) is 30.9 Å². The normalized spacial score (nSPS) is 12.0. The first-order chi connectivity index (χ1) is 8.06. The van der Waals surface area contributed by atoms with E-state index in [9.17, 15) is 9.18 Å². The maximum Gasteiger partial charge on any atom is 0.260 e. The van der Waals surface area contributed by atoms with E-state index in [0.29, 0.717) is 0 Å². The van der Waals surface area contributed by atoms with Gasteiger partial charge in [-0.15, -0.1) is 0 Å². The number of amides is 1. The number of likely N-dealkylation sites (N-methyl/N-ethyl adjacent to an activating group) is 1. The van der Waals surface area contributed by atoms with Gasteiger partial charge in [0.05, 0.1) is 12.6 Å². The van der Waals surface area contributed by atoms with E-state index in [4.69, 9.17) is 9.84 Å². The van der Waals surface area contributed by atoms with Crippen LogP contribution < -0.4 is 4.74 Å². The minimum Gasteiger partial charge on any atom is -0.481 e. The Hall–Kier alpha value is -1.62. The van der Waals surface area contributed by atoms with E-state index in [0.717, 1.165) is 0 Å². The molecule has 0 fully saturated rings. The Morgan fingerprint density at radius 3 is 2.76 bits per heavy atom. The quantitative estimate of drug-likeness (QED) is 0.838. The molecular weight excluding hydrogens is 225 g/mol. The van der Waals surface area contributed by atoms with Gasteiger partial charge in [0.2, 0.25) is 0 Å². The third-order valence-electron chi connectivity index (χ3n) is 2.51. The molecule has 1 amide bonds. The number of aliphatic hydroxyl groups is 1. The van der Waals surface area contributed by atoms with E-state index in [1.165, 1.54) is 17.0 Å². The number of benzene rings is 1. The third kappa shape index (κ3) is 3.71. The lowest BCUT2D eigenvalue weighted by atomic mass is 10.3. The fraction of sp³-hybridized carbons (Fsp3) is 0.417. The number of hydrogen-bond donors (Lipinski definition) is 1. The molecule has 0 aliphatic carbocycles. The van der Waals surface area contributed by atoms with Gasteiger partial charge in [0.25, 0.3) is 5.91 Å². The first-order valence-electron chi connectivity index (χ1n) is 5.30. The number of nitrogens with zero attached hydrogens (tertiary/aromatic N) is 1. The number of ether oxygens (including phenoxy) is 1. The van der Waals surface area contributed by atoms with Gasteiger partial charge in [-0.1, -0.05) is 12.1 Å². The largest absolute Gasteiger partial charge is 0.481 e. The molecule has 0 aliphatic rings. The molecule has 1 rings (SSSR count). The summed E-state index contributed by atoms with van der Waals surface area (Å²) in [6, 6.07) is 5.61. The highest BCUT2D eigenvalue weighted by Crippen LogP contribution is 2.15. The van der Waals surface area contributed by atoms with Crippen LogP contribution in [0.4, 0.5) is 4.39 Å². The van der Waals surface area contributed by atoms with Gasteiger partial charge in [-0.2, -0.15) is 0 Å². The lowest BCUT2D eigenvalue weighted by Crippen LogP contribution is -2.40. The van der Waals surface area contributed by atoms with Crippen molar-refractivity contribution in [1.82, 2.24) is 4.90 Å². The van der Waals surface area contributed by atoms with Crippen molar-refractivity contribution < 1.29 is 19.0 Å². The molecule has 0 aliphatic heterocycles. The first-order valence-corrected chi connectivity index (χ1v) is 5.30. The summed E-state index contributed by atoms with van der Waals surface area (Å²) in [5.41, 5.74) is 0. The summed E-state index contributed by atoms with van der Waals surface area (Å²) in [4.78, 5) is 13.0. The van der Waals surface area contributed by atoms with Crippen LogP contribution in [0.2, 0.25) is 0 Å². The highest BCUT2D eigenvalue weighted by atomic mass is 19.1. The Kier molecular flexibility index (Phi) is 4.90. The highest BCUT2D eigenvalue weighted by Gasteiger charge is 2.15. The molecular formula is C12H16FNO3. The molecule has 1 unspecified atom stereocenters. The minimum absolute atomic E-state index is 0.0471. The van der Waals surface area contributed by atoms with E-state index >= 15 is 0 Å². The maximum atomic E-state index is 13.2. The Morgan fingerprint density at radius 2 is 2.18 bits per heavy atom. The zero-order valence-corrected chi connectivity index (χ0v) is 9.89. The SMILES string of the molecule is CC(CO)N(C)C(=O)COc1ccccc1F. The number of rotatable bonds is 5. The summed E-state index contributed by atoms with van der Waals surface area (Å²) >= 11 is 0. The summed E-state index contributed by atoms with van der Waals surface area (Å²) < 4.78 is 18.2. The number of carbonyl (C=O) groups excluding carboxylic acids is 1. The summed E-state index contributed by atoms with van der Waals surface area (Å²) in [6.45, 7) is 1.34. The van der Waals surface area contributed by atoms with Crippen molar-refractivity contribution in [2.45, 2.75) is 13.0 Å². The summed E-state index contributed by atoms with van der Waals surface area (Å²) in [5, 5.41) is 8.89. The zero-order valence-electron chi connectivity index (χ0n) is 9.89. The molecule has 5 heteroatoms. The molecule has 17 heavy (non-hydrogen) atoms. The van der Waals surface area contributed by atoms with Crippen LogP contribution in [-0.4, -0.2) is 42.2 Å². The summed E-state index contributed by atoms with van der Waals surface area (Å²) in [5.74, 6) is -0.765. The molecule has 1 aromatic rings. The average Bonchev–Trinajstić information content (AvgIpc) is 2.35. The molecule has 0 bridgehead atoms. The molecule has 0 aromatic heterocycles. The van der Waals surface area contributed by atoms with Gasteiger partial charge in [-0.05, 0) is 19.1 Å². The first kappa shape index (κ1) is 13.4. The predicted molar refractivity (Wildman–Crippen MR) is 61.2 cm³/mol. The number of aliphatic hydroxyl groups excluding tert-OH is 1. The number of para-hydroxylation sites is 1. The molecule has 0 saturated carbocycles. The Morgan fingerprint density at radius 1 is 1.53 bits per heavy atom. The fourth-order valence-electron chi connectivity index (χ4n) is 1.17. The number of carbonyl (C=O) groups is 1. The zero-order chi connectivity index (χ0) is 12.8. The monoisotopic (exact) mass is 241 g/mol. The minimum atomic E-state index is -0.502. The second kappa shape index (κ2) is 6.20. The van der Waals surface area contributed by atoms with Crippen LogP contribution >= 0.6 is 0 Å². The van der Waals surface area contributed by atoms with Crippen LogP contribution in [0, 0.1) is 5.82 Å². The van der Waals surface area contributed by atoms with Gasteiger partial charge < -0.3 is 14.7 Å². The van der Waals surface area contributed by atoms with Crippen LogP contribution in [0.5, 0.6) is 5.75 Å². The van der Waals surface area contributed by atoms with Crippen LogP contribution in [-0.2, 0) is 4.79 Å². The number of hydrogen-bond acceptors (Lipinski definition) is 3. The van der Waals surface area contributed by atoms with E-state index in [1.54, 1.807) is 26.1 Å². The van der Waals surface area contributed by atoms with Gasteiger partial charge in [0, 0.05) is 7.05 Å². The van der Waals surface area contributed by atoms with Crippen LogP contribution in [0.3, 0.4) is 0 Å². The lowest BCUT2D eigenvalue weighted by molar-refractivity contribution is -0.134. The fourth-order valence-corrected chi connectivity index (χ4v) is 1.17. The van der Waals surface area contributed by atoms with Gasteiger partial charge in [-0.25, -0.2) is 4.39 Å². The van der Waals surface area contributed by atoms with Crippen molar-refractivity contribution in [1.29, 1.82) is 0 Å². The van der Waals surface area contributed by atoms with Crippen molar-refractivity contribution >= 4 is 5.91 Å². The molecule has 1 aromatic carbocycles. The molecule has 4 nitrogen and oxygen atoms in total. The second-order valence-electron chi connectivity index (χ2n) is 3.76. The Bertz CT molecular complexity index is 384. The van der Waals surface area contributed by atoms with Crippen molar-refractivity contribution in [2.24, 2.45) is 0 Å². The highest BCUT2D eigenvalue weighted by molar-refractivity contribution is 5.77. The topological polar surface area (TPSA) is 49.8 Å². The summed E-state index contributed by atoms with van der Waals surface area (Å²) in [7, 11) is 1.56. The van der Waals surface area contributed by atoms with Gasteiger partial charge >= 0.3 is 0 Å². The molecule has 1 atom stereocenters. The van der Waals surface area contributed by atoms with E-state index in [1.807, 2.05) is 0 Å². The van der Waals surface area contributed by atoms with E-state index in [2.05, 4.69) is 0 Å². The second-order valence-corrected chi connectivity index (χ2v) is 3.76. The van der Waals surface area contributed by atoms with Crippen LogP contribution in [0.1, 0.15) is 6.92 Å². The molecule has 0 spiro atoms. The van der Waals surface area contributed by atoms with Crippen LogP contribution in [0.15, 0.2) is 24.3 Å².